The number of benzene rings is 1. The molecule has 98 valence electrons. The fourth-order valence-corrected chi connectivity index (χ4v) is 3.29. The van der Waals surface area contributed by atoms with E-state index >= 15 is 0 Å². The Balaban J connectivity index is 1.75. The number of rotatable bonds is 1. The highest BCUT2D eigenvalue weighted by Gasteiger charge is 2.31. The topological polar surface area (TPSA) is 32.5 Å². The van der Waals surface area contributed by atoms with Gasteiger partial charge < -0.3 is 10.6 Å². The van der Waals surface area contributed by atoms with Crippen molar-refractivity contribution in [2.45, 2.75) is 31.5 Å². The van der Waals surface area contributed by atoms with Crippen LogP contribution in [-0.4, -0.2) is 48.6 Å². The summed E-state index contributed by atoms with van der Waals surface area (Å²) in [6.07, 6.45) is 2.29. The average molecular weight is 245 g/mol. The molecule has 0 aromatic heterocycles. The summed E-state index contributed by atoms with van der Waals surface area (Å²) in [6.45, 7) is 4.48. The van der Waals surface area contributed by atoms with E-state index in [2.05, 4.69) is 41.1 Å². The first-order valence-corrected chi connectivity index (χ1v) is 6.99. The van der Waals surface area contributed by atoms with E-state index in [1.54, 1.807) is 0 Å². The van der Waals surface area contributed by atoms with Crippen LogP contribution < -0.4 is 5.73 Å². The first kappa shape index (κ1) is 12.2. The minimum absolute atomic E-state index is 0.339. The maximum atomic E-state index is 6.32. The number of nitrogens with two attached hydrogens (primary N) is 1. The lowest BCUT2D eigenvalue weighted by Gasteiger charge is -2.43. The highest BCUT2D eigenvalue weighted by atomic mass is 15.2. The summed E-state index contributed by atoms with van der Waals surface area (Å²) < 4.78 is 0. The van der Waals surface area contributed by atoms with E-state index in [1.165, 1.54) is 17.5 Å². The molecule has 3 rings (SSSR count). The molecule has 3 heteroatoms. The number of hydrogen-bond donors (Lipinski definition) is 1. The summed E-state index contributed by atoms with van der Waals surface area (Å²) in [5, 5.41) is 0. The summed E-state index contributed by atoms with van der Waals surface area (Å²) in [5.74, 6) is 0. The fourth-order valence-electron chi connectivity index (χ4n) is 3.29. The Bertz CT molecular complexity index is 418. The van der Waals surface area contributed by atoms with Gasteiger partial charge in [0.05, 0.1) is 0 Å². The van der Waals surface area contributed by atoms with E-state index in [0.29, 0.717) is 12.1 Å². The molecule has 2 aliphatic heterocycles. The lowest BCUT2D eigenvalue weighted by atomic mass is 9.94. The molecular weight excluding hydrogens is 222 g/mol. The Labute approximate surface area is 110 Å². The number of likely N-dealkylation sites (N-methyl/N-ethyl adjacent to an activating group) is 1. The zero-order valence-electron chi connectivity index (χ0n) is 11.2. The molecule has 2 N–H and O–H groups in total. The Morgan fingerprint density at radius 1 is 1.17 bits per heavy atom. The van der Waals surface area contributed by atoms with Gasteiger partial charge in [0.2, 0.25) is 0 Å². The van der Waals surface area contributed by atoms with E-state index in [9.17, 15) is 0 Å². The van der Waals surface area contributed by atoms with E-state index in [1.807, 2.05) is 0 Å². The largest absolute Gasteiger partial charge is 0.326 e. The summed E-state index contributed by atoms with van der Waals surface area (Å²) in [4.78, 5) is 5.00. The van der Waals surface area contributed by atoms with Gasteiger partial charge in [-0.2, -0.15) is 0 Å². The van der Waals surface area contributed by atoms with Crippen LogP contribution in [0.2, 0.25) is 0 Å². The average Bonchev–Trinajstić information content (AvgIpc) is 2.41. The van der Waals surface area contributed by atoms with E-state index < -0.39 is 0 Å². The van der Waals surface area contributed by atoms with Gasteiger partial charge in [0.15, 0.2) is 0 Å². The molecule has 2 aliphatic rings. The zero-order valence-corrected chi connectivity index (χ0v) is 11.2. The Morgan fingerprint density at radius 3 is 2.78 bits per heavy atom. The third-order valence-electron chi connectivity index (χ3n) is 4.47. The molecule has 1 aromatic carbocycles. The summed E-state index contributed by atoms with van der Waals surface area (Å²) in [5.41, 5.74) is 9.33. The number of piperidine rings is 1. The molecule has 2 unspecified atom stereocenters. The van der Waals surface area contributed by atoms with Crippen molar-refractivity contribution < 1.29 is 0 Å². The second-order valence-corrected chi connectivity index (χ2v) is 5.77. The van der Waals surface area contributed by atoms with Gasteiger partial charge in [0.1, 0.15) is 0 Å². The molecule has 0 spiro atoms. The third-order valence-corrected chi connectivity index (χ3v) is 4.47. The monoisotopic (exact) mass is 245 g/mol. The molecular formula is C15H23N3. The smallest absolute Gasteiger partial charge is 0.0378 e. The first-order chi connectivity index (χ1) is 8.74. The van der Waals surface area contributed by atoms with Crippen LogP contribution in [0.4, 0.5) is 0 Å². The highest BCUT2D eigenvalue weighted by Crippen LogP contribution is 2.23. The Morgan fingerprint density at radius 2 is 1.94 bits per heavy atom. The summed E-state index contributed by atoms with van der Waals surface area (Å²) in [6, 6.07) is 9.69. The molecule has 0 radical (unpaired) electrons. The van der Waals surface area contributed by atoms with Crippen LogP contribution in [-0.2, 0) is 13.0 Å². The summed E-state index contributed by atoms with van der Waals surface area (Å²) >= 11 is 0. The van der Waals surface area contributed by atoms with Gasteiger partial charge in [-0.3, -0.25) is 4.90 Å². The molecule has 2 heterocycles. The Kier molecular flexibility index (Phi) is 3.37. The lowest BCUT2D eigenvalue weighted by molar-refractivity contribution is 0.0847. The number of fused-ring (bicyclic) bond motifs is 1. The maximum absolute atomic E-state index is 6.32. The number of likely N-dealkylation sites (tertiary alicyclic amines) is 1. The predicted molar refractivity (Wildman–Crippen MR) is 74.4 cm³/mol. The van der Waals surface area contributed by atoms with Crippen LogP contribution in [0.3, 0.4) is 0 Å². The van der Waals surface area contributed by atoms with Crippen molar-refractivity contribution in [2.75, 3.05) is 26.7 Å². The quantitative estimate of drug-likeness (QED) is 0.803. The minimum Gasteiger partial charge on any atom is -0.326 e. The second-order valence-electron chi connectivity index (χ2n) is 5.77. The van der Waals surface area contributed by atoms with E-state index in [4.69, 9.17) is 5.73 Å². The molecule has 2 atom stereocenters. The van der Waals surface area contributed by atoms with Crippen molar-refractivity contribution in [3.05, 3.63) is 35.4 Å². The standard InChI is InChI=1S/C15H23N3/c1-17-8-7-14(16)15(11-17)18-9-6-12-4-2-3-5-13(12)10-18/h2-5,14-15H,6-11,16H2,1H3. The van der Waals surface area contributed by atoms with Crippen molar-refractivity contribution in [1.82, 2.24) is 9.80 Å². The molecule has 0 bridgehead atoms. The molecule has 1 aromatic rings. The van der Waals surface area contributed by atoms with Crippen molar-refractivity contribution in [2.24, 2.45) is 5.73 Å². The van der Waals surface area contributed by atoms with E-state index in [0.717, 1.165) is 32.6 Å². The van der Waals surface area contributed by atoms with Crippen LogP contribution in [0, 0.1) is 0 Å². The van der Waals surface area contributed by atoms with Crippen LogP contribution in [0.25, 0.3) is 0 Å². The number of nitrogens with zero attached hydrogens (tertiary/aromatic N) is 2. The van der Waals surface area contributed by atoms with Gasteiger partial charge >= 0.3 is 0 Å². The molecule has 1 saturated heterocycles. The zero-order chi connectivity index (χ0) is 12.5. The SMILES string of the molecule is CN1CCC(N)C(N2CCc3ccccc3C2)C1. The molecule has 3 nitrogen and oxygen atoms in total. The lowest BCUT2D eigenvalue weighted by Crippen LogP contribution is -2.58. The van der Waals surface area contributed by atoms with Gasteiger partial charge in [-0.05, 0) is 37.6 Å². The van der Waals surface area contributed by atoms with Crippen molar-refractivity contribution in [3.63, 3.8) is 0 Å². The minimum atomic E-state index is 0.339. The maximum Gasteiger partial charge on any atom is 0.0378 e. The highest BCUT2D eigenvalue weighted by molar-refractivity contribution is 5.29. The molecule has 18 heavy (non-hydrogen) atoms. The fraction of sp³-hybridized carbons (Fsp3) is 0.600. The van der Waals surface area contributed by atoms with Crippen molar-refractivity contribution >= 4 is 0 Å². The third kappa shape index (κ3) is 2.30. The van der Waals surface area contributed by atoms with Gasteiger partial charge in [-0.25, -0.2) is 0 Å². The van der Waals surface area contributed by atoms with Gasteiger partial charge in [-0.1, -0.05) is 24.3 Å². The van der Waals surface area contributed by atoms with Crippen LogP contribution in [0.5, 0.6) is 0 Å². The van der Waals surface area contributed by atoms with Crippen LogP contribution in [0.15, 0.2) is 24.3 Å². The van der Waals surface area contributed by atoms with Gasteiger partial charge in [0.25, 0.3) is 0 Å². The molecule has 0 saturated carbocycles. The van der Waals surface area contributed by atoms with Crippen LogP contribution in [0.1, 0.15) is 17.5 Å². The molecule has 0 aliphatic carbocycles. The molecule has 0 amide bonds. The van der Waals surface area contributed by atoms with Gasteiger partial charge in [0, 0.05) is 31.7 Å². The predicted octanol–water partition coefficient (Wildman–Crippen LogP) is 1.08. The first-order valence-electron chi connectivity index (χ1n) is 6.99. The molecule has 1 fully saturated rings. The second kappa shape index (κ2) is 5.00. The van der Waals surface area contributed by atoms with Crippen molar-refractivity contribution in [3.8, 4) is 0 Å². The van der Waals surface area contributed by atoms with E-state index in [-0.39, 0.29) is 0 Å². The van der Waals surface area contributed by atoms with Crippen LogP contribution >= 0.6 is 0 Å². The number of hydrogen-bond acceptors (Lipinski definition) is 3. The summed E-state index contributed by atoms with van der Waals surface area (Å²) in [7, 11) is 2.21. The Hall–Kier alpha value is -0.900. The van der Waals surface area contributed by atoms with Gasteiger partial charge in [-0.15, -0.1) is 0 Å². The van der Waals surface area contributed by atoms with Crippen molar-refractivity contribution in [1.29, 1.82) is 0 Å². The normalized spacial score (nSPS) is 30.1.